The zero-order valence-corrected chi connectivity index (χ0v) is 8.19. The molecular weight excluding hydrogens is 180 g/mol. The van der Waals surface area contributed by atoms with Crippen LogP contribution in [0.25, 0.3) is 0 Å². The lowest BCUT2D eigenvalue weighted by Gasteiger charge is -2.02. The van der Waals surface area contributed by atoms with Gasteiger partial charge in [0, 0.05) is 12.1 Å². The topological polar surface area (TPSA) is 63.1 Å². The fourth-order valence-corrected chi connectivity index (χ4v) is 1.56. The van der Waals surface area contributed by atoms with E-state index in [9.17, 15) is 4.79 Å². The van der Waals surface area contributed by atoms with Crippen LogP contribution in [0.5, 0.6) is 0 Å². The molecule has 14 heavy (non-hydrogen) atoms. The number of aromatic carboxylic acids is 1. The first kappa shape index (κ1) is 9.12. The van der Waals surface area contributed by atoms with Gasteiger partial charge in [-0.3, -0.25) is 0 Å². The van der Waals surface area contributed by atoms with Crippen LogP contribution >= 0.6 is 0 Å². The van der Waals surface area contributed by atoms with Crippen molar-refractivity contribution in [2.24, 2.45) is 5.92 Å². The zero-order chi connectivity index (χ0) is 10.3. The summed E-state index contributed by atoms with van der Waals surface area (Å²) in [5.41, 5.74) is 0.753. The molecule has 0 spiro atoms. The lowest BCUT2D eigenvalue weighted by Crippen LogP contribution is -2.05. The van der Waals surface area contributed by atoms with Gasteiger partial charge in [0.25, 0.3) is 0 Å². The first-order chi connectivity index (χ1) is 6.59. The Bertz CT molecular complexity index is 390. The number of nitrogens with zero attached hydrogens (tertiary/aromatic N) is 2. The van der Waals surface area contributed by atoms with Gasteiger partial charge in [-0.1, -0.05) is 6.92 Å². The second kappa shape index (κ2) is 3.04. The van der Waals surface area contributed by atoms with E-state index in [1.165, 1.54) is 6.20 Å². The minimum atomic E-state index is -0.960. The van der Waals surface area contributed by atoms with Crippen LogP contribution in [0.3, 0.4) is 0 Å². The highest BCUT2D eigenvalue weighted by molar-refractivity contribution is 5.88. The van der Waals surface area contributed by atoms with Crippen molar-refractivity contribution in [2.45, 2.75) is 26.2 Å². The number of aryl methyl sites for hydroxylation is 1. The van der Waals surface area contributed by atoms with Gasteiger partial charge in [0.05, 0.1) is 11.3 Å². The normalized spacial score (nSPS) is 24.7. The zero-order valence-electron chi connectivity index (χ0n) is 8.19. The van der Waals surface area contributed by atoms with Gasteiger partial charge >= 0.3 is 5.97 Å². The Morgan fingerprint density at radius 2 is 2.29 bits per heavy atom. The van der Waals surface area contributed by atoms with E-state index in [1.807, 2.05) is 0 Å². The first-order valence-corrected chi connectivity index (χ1v) is 4.66. The highest BCUT2D eigenvalue weighted by Gasteiger charge is 2.36. The standard InChI is InChI=1S/C10H12N2O2/c1-5-3-7(5)9-11-4-8(10(13)14)6(2)12-9/h4-5,7H,3H2,1-2H3,(H,13,14). The van der Waals surface area contributed by atoms with Crippen LogP contribution in [-0.4, -0.2) is 21.0 Å². The first-order valence-electron chi connectivity index (χ1n) is 4.66. The fourth-order valence-electron chi connectivity index (χ4n) is 1.56. The second-order valence-electron chi connectivity index (χ2n) is 3.85. The van der Waals surface area contributed by atoms with E-state index < -0.39 is 5.97 Å². The van der Waals surface area contributed by atoms with Crippen molar-refractivity contribution in [3.05, 3.63) is 23.3 Å². The third kappa shape index (κ3) is 1.47. The van der Waals surface area contributed by atoms with E-state index in [2.05, 4.69) is 16.9 Å². The minimum Gasteiger partial charge on any atom is -0.478 e. The maximum absolute atomic E-state index is 10.7. The Morgan fingerprint density at radius 1 is 1.64 bits per heavy atom. The molecule has 0 bridgehead atoms. The van der Waals surface area contributed by atoms with E-state index in [1.54, 1.807) is 6.92 Å². The highest BCUT2D eigenvalue weighted by Crippen LogP contribution is 2.45. The molecule has 0 radical (unpaired) electrons. The summed E-state index contributed by atoms with van der Waals surface area (Å²) < 4.78 is 0. The number of carbonyl (C=O) groups is 1. The molecule has 4 heteroatoms. The molecular formula is C10H12N2O2. The van der Waals surface area contributed by atoms with Gasteiger partial charge in [0.1, 0.15) is 5.82 Å². The number of hydrogen-bond acceptors (Lipinski definition) is 3. The van der Waals surface area contributed by atoms with E-state index >= 15 is 0 Å². The Balaban J connectivity index is 2.31. The third-order valence-corrected chi connectivity index (χ3v) is 2.67. The molecule has 1 heterocycles. The molecule has 1 aromatic heterocycles. The quantitative estimate of drug-likeness (QED) is 0.773. The van der Waals surface area contributed by atoms with Crippen LogP contribution in [0.1, 0.15) is 41.1 Å². The van der Waals surface area contributed by atoms with Crippen LogP contribution in [-0.2, 0) is 0 Å². The number of carboxylic acid groups (broad SMARTS) is 1. The molecule has 0 saturated heterocycles. The summed E-state index contributed by atoms with van der Waals surface area (Å²) in [5.74, 6) is 0.916. The molecule has 0 amide bonds. The van der Waals surface area contributed by atoms with Crippen molar-refractivity contribution in [3.63, 3.8) is 0 Å². The maximum Gasteiger partial charge on any atom is 0.339 e. The number of carboxylic acids is 1. The molecule has 1 saturated carbocycles. The van der Waals surface area contributed by atoms with Crippen molar-refractivity contribution in [3.8, 4) is 0 Å². The smallest absolute Gasteiger partial charge is 0.339 e. The van der Waals surface area contributed by atoms with E-state index in [4.69, 9.17) is 5.11 Å². The summed E-state index contributed by atoms with van der Waals surface area (Å²) in [6.07, 6.45) is 2.52. The van der Waals surface area contributed by atoms with Crippen molar-refractivity contribution >= 4 is 5.97 Å². The molecule has 1 N–H and O–H groups in total. The Kier molecular flexibility index (Phi) is 1.98. The summed E-state index contributed by atoms with van der Waals surface area (Å²) in [6, 6.07) is 0. The fraction of sp³-hybridized carbons (Fsp3) is 0.500. The average molecular weight is 192 g/mol. The molecule has 74 valence electrons. The van der Waals surface area contributed by atoms with E-state index in [0.29, 0.717) is 17.5 Å². The van der Waals surface area contributed by atoms with Crippen molar-refractivity contribution in [1.29, 1.82) is 0 Å². The van der Waals surface area contributed by atoms with Crippen LogP contribution in [0.4, 0.5) is 0 Å². The lowest BCUT2D eigenvalue weighted by molar-refractivity contribution is 0.0695. The van der Waals surface area contributed by atoms with Crippen LogP contribution in [0.2, 0.25) is 0 Å². The van der Waals surface area contributed by atoms with Gasteiger partial charge in [0.15, 0.2) is 0 Å². The minimum absolute atomic E-state index is 0.196. The van der Waals surface area contributed by atoms with Crippen LogP contribution in [0.15, 0.2) is 6.20 Å². The molecule has 0 aromatic carbocycles. The third-order valence-electron chi connectivity index (χ3n) is 2.67. The summed E-state index contributed by atoms with van der Waals surface area (Å²) in [4.78, 5) is 19.0. The predicted molar refractivity (Wildman–Crippen MR) is 50.3 cm³/mol. The highest BCUT2D eigenvalue weighted by atomic mass is 16.4. The van der Waals surface area contributed by atoms with E-state index in [0.717, 1.165) is 12.2 Å². The molecule has 1 aliphatic carbocycles. The molecule has 1 aromatic rings. The predicted octanol–water partition coefficient (Wildman–Crippen LogP) is 1.61. The molecule has 2 rings (SSSR count). The summed E-state index contributed by atoms with van der Waals surface area (Å²) in [7, 11) is 0. The van der Waals surface area contributed by atoms with Crippen LogP contribution in [0, 0.1) is 12.8 Å². The Hall–Kier alpha value is -1.45. The van der Waals surface area contributed by atoms with Crippen LogP contribution < -0.4 is 0 Å². The molecule has 0 aliphatic heterocycles. The molecule has 4 nitrogen and oxygen atoms in total. The van der Waals surface area contributed by atoms with Gasteiger partial charge in [0.2, 0.25) is 0 Å². The van der Waals surface area contributed by atoms with Gasteiger partial charge < -0.3 is 5.11 Å². The van der Waals surface area contributed by atoms with Gasteiger partial charge in [-0.05, 0) is 19.3 Å². The van der Waals surface area contributed by atoms with Gasteiger partial charge in [-0.15, -0.1) is 0 Å². The van der Waals surface area contributed by atoms with Crippen molar-refractivity contribution < 1.29 is 9.90 Å². The number of hydrogen-bond donors (Lipinski definition) is 1. The largest absolute Gasteiger partial charge is 0.478 e. The van der Waals surface area contributed by atoms with Crippen molar-refractivity contribution in [1.82, 2.24) is 9.97 Å². The molecule has 1 aliphatic rings. The Morgan fingerprint density at radius 3 is 2.71 bits per heavy atom. The Labute approximate surface area is 82.0 Å². The van der Waals surface area contributed by atoms with Crippen molar-refractivity contribution in [2.75, 3.05) is 0 Å². The van der Waals surface area contributed by atoms with E-state index in [-0.39, 0.29) is 5.56 Å². The number of aromatic nitrogens is 2. The molecule has 1 fully saturated rings. The summed E-state index contributed by atoms with van der Waals surface area (Å²) >= 11 is 0. The molecule has 2 atom stereocenters. The lowest BCUT2D eigenvalue weighted by atomic mass is 10.2. The SMILES string of the molecule is Cc1nc(C2CC2C)ncc1C(=O)O. The molecule has 2 unspecified atom stereocenters. The second-order valence-corrected chi connectivity index (χ2v) is 3.85. The average Bonchev–Trinajstić information content (AvgIpc) is 2.81. The monoisotopic (exact) mass is 192 g/mol. The summed E-state index contributed by atoms with van der Waals surface area (Å²) in [5, 5.41) is 8.78. The van der Waals surface area contributed by atoms with Gasteiger partial charge in [-0.2, -0.15) is 0 Å². The number of rotatable bonds is 2. The maximum atomic E-state index is 10.7. The summed E-state index contributed by atoms with van der Waals surface area (Å²) in [6.45, 7) is 3.86. The van der Waals surface area contributed by atoms with Gasteiger partial charge in [-0.25, -0.2) is 14.8 Å².